The van der Waals surface area contributed by atoms with Crippen molar-refractivity contribution < 1.29 is 13.6 Å². The smallest absolute Gasteiger partial charge is 0.0813 e. The SMILES string of the molecule is NOCCNS(=O)[O-]. The summed E-state index contributed by atoms with van der Waals surface area (Å²) < 4.78 is 21.4. The van der Waals surface area contributed by atoms with Gasteiger partial charge in [0.1, 0.15) is 0 Å². The maximum Gasteiger partial charge on any atom is 0.0813 e. The Hall–Kier alpha value is -0.0100. The molecule has 0 saturated carbocycles. The molecule has 0 aromatic carbocycles. The van der Waals surface area contributed by atoms with Crippen LogP contribution in [0.25, 0.3) is 0 Å². The quantitative estimate of drug-likeness (QED) is 0.275. The van der Waals surface area contributed by atoms with Gasteiger partial charge in [0.05, 0.1) is 6.61 Å². The molecule has 1 atom stereocenters. The normalized spacial score (nSPS) is 13.8. The van der Waals surface area contributed by atoms with E-state index in [1.165, 1.54) is 0 Å². The summed E-state index contributed by atoms with van der Waals surface area (Å²) in [7, 11) is 0. The first kappa shape index (κ1) is 7.99. The second kappa shape index (κ2) is 5.13. The molecule has 8 heavy (non-hydrogen) atoms. The first-order valence-corrected chi connectivity index (χ1v) is 2.99. The molecule has 0 aliphatic heterocycles. The van der Waals surface area contributed by atoms with E-state index in [4.69, 9.17) is 0 Å². The Labute approximate surface area is 49.6 Å². The van der Waals surface area contributed by atoms with Gasteiger partial charge in [-0.2, -0.15) is 0 Å². The van der Waals surface area contributed by atoms with Crippen LogP contribution in [-0.4, -0.2) is 21.9 Å². The van der Waals surface area contributed by atoms with Crippen LogP contribution < -0.4 is 10.6 Å². The third kappa shape index (κ3) is 5.99. The number of nitrogens with one attached hydrogen (secondary N) is 1. The molecule has 0 rings (SSSR count). The maximum absolute atomic E-state index is 9.67. The second-order valence-electron chi connectivity index (χ2n) is 1.000. The predicted molar refractivity (Wildman–Crippen MR) is 27.1 cm³/mol. The van der Waals surface area contributed by atoms with E-state index in [9.17, 15) is 8.76 Å². The van der Waals surface area contributed by atoms with Crippen LogP contribution in [0.3, 0.4) is 0 Å². The second-order valence-corrected chi connectivity index (χ2v) is 1.76. The molecule has 0 aliphatic rings. The molecular formula is C2H7N2O3S-. The van der Waals surface area contributed by atoms with Gasteiger partial charge in [-0.3, -0.25) is 4.21 Å². The van der Waals surface area contributed by atoms with Crippen LogP contribution in [0, 0.1) is 0 Å². The molecule has 0 amide bonds. The highest BCUT2D eigenvalue weighted by Gasteiger charge is 1.80. The molecule has 6 heteroatoms. The molecule has 1 unspecified atom stereocenters. The van der Waals surface area contributed by atoms with Gasteiger partial charge in [0.25, 0.3) is 0 Å². The molecule has 0 radical (unpaired) electrons. The van der Waals surface area contributed by atoms with Gasteiger partial charge in [-0.15, -0.1) is 0 Å². The van der Waals surface area contributed by atoms with Gasteiger partial charge in [-0.1, -0.05) is 0 Å². The van der Waals surface area contributed by atoms with E-state index in [-0.39, 0.29) is 13.2 Å². The van der Waals surface area contributed by atoms with E-state index >= 15 is 0 Å². The minimum atomic E-state index is -2.20. The maximum atomic E-state index is 9.67. The van der Waals surface area contributed by atoms with Gasteiger partial charge in [0.2, 0.25) is 0 Å². The zero-order valence-electron chi connectivity index (χ0n) is 4.12. The monoisotopic (exact) mass is 139 g/mol. The van der Waals surface area contributed by atoms with Crippen molar-refractivity contribution >= 4 is 11.3 Å². The fourth-order valence-corrected chi connectivity index (χ4v) is 0.434. The standard InChI is InChI=1S/C2H8N2O3S/c3-7-2-1-4-8(5)6/h4H,1-3H2,(H,5,6)/p-1. The van der Waals surface area contributed by atoms with Crippen LogP contribution >= 0.6 is 0 Å². The Balaban J connectivity index is 2.82. The molecule has 0 bridgehead atoms. The van der Waals surface area contributed by atoms with Crippen molar-refractivity contribution in [3.63, 3.8) is 0 Å². The van der Waals surface area contributed by atoms with Crippen LogP contribution in [0.2, 0.25) is 0 Å². The largest absolute Gasteiger partial charge is 0.760 e. The third-order valence-corrected chi connectivity index (χ3v) is 0.880. The van der Waals surface area contributed by atoms with Gasteiger partial charge < -0.3 is 9.39 Å². The summed E-state index contributed by atoms with van der Waals surface area (Å²) in [6.45, 7) is 0.403. The van der Waals surface area contributed by atoms with E-state index in [1.807, 2.05) is 0 Å². The topological polar surface area (TPSA) is 87.4 Å². The number of rotatable bonds is 4. The van der Waals surface area contributed by atoms with E-state index < -0.39 is 11.3 Å². The number of hydrogen-bond acceptors (Lipinski definition) is 4. The molecule has 3 N–H and O–H groups in total. The molecule has 0 heterocycles. The Morgan fingerprint density at radius 3 is 2.88 bits per heavy atom. The van der Waals surface area contributed by atoms with Gasteiger partial charge >= 0.3 is 0 Å². The lowest BCUT2D eigenvalue weighted by Crippen LogP contribution is -2.22. The highest BCUT2D eigenvalue weighted by Crippen LogP contribution is 1.62. The van der Waals surface area contributed by atoms with Crippen molar-refractivity contribution in [1.82, 2.24) is 4.72 Å². The molecular weight excluding hydrogens is 132 g/mol. The summed E-state index contributed by atoms with van der Waals surface area (Å²) in [4.78, 5) is 4.06. The van der Waals surface area contributed by atoms with Crippen LogP contribution in [0.15, 0.2) is 0 Å². The van der Waals surface area contributed by atoms with Crippen molar-refractivity contribution in [2.24, 2.45) is 5.90 Å². The van der Waals surface area contributed by atoms with Crippen LogP contribution in [-0.2, 0) is 16.1 Å². The fraction of sp³-hybridized carbons (Fsp3) is 1.00. The molecule has 50 valence electrons. The van der Waals surface area contributed by atoms with Crippen molar-refractivity contribution in [1.29, 1.82) is 0 Å². The summed E-state index contributed by atoms with van der Waals surface area (Å²) in [5.41, 5.74) is 0. The van der Waals surface area contributed by atoms with E-state index in [0.717, 1.165) is 0 Å². The lowest BCUT2D eigenvalue weighted by molar-refractivity contribution is 0.143. The first-order valence-electron chi connectivity index (χ1n) is 1.92. The van der Waals surface area contributed by atoms with Crippen LogP contribution in [0.1, 0.15) is 0 Å². The van der Waals surface area contributed by atoms with E-state index in [2.05, 4.69) is 15.5 Å². The average Bonchev–Trinajstić information content (AvgIpc) is 1.66. The Bertz CT molecular complexity index is 77.7. The van der Waals surface area contributed by atoms with Gasteiger partial charge in [-0.05, 0) is 0 Å². The van der Waals surface area contributed by atoms with E-state index in [0.29, 0.717) is 0 Å². The number of nitrogens with two attached hydrogens (primary N) is 1. The molecule has 0 spiro atoms. The number of hydrogen-bond donors (Lipinski definition) is 2. The summed E-state index contributed by atoms with van der Waals surface area (Å²) in [6, 6.07) is 0. The third-order valence-electron chi connectivity index (χ3n) is 0.440. The zero-order chi connectivity index (χ0) is 6.41. The van der Waals surface area contributed by atoms with Crippen molar-refractivity contribution in [3.8, 4) is 0 Å². The summed E-state index contributed by atoms with van der Waals surface area (Å²) >= 11 is -2.20. The lowest BCUT2D eigenvalue weighted by atomic mass is 10.8. The molecule has 0 aromatic heterocycles. The molecule has 0 fully saturated rings. The van der Waals surface area contributed by atoms with Crippen molar-refractivity contribution in [2.75, 3.05) is 13.2 Å². The van der Waals surface area contributed by atoms with Crippen LogP contribution in [0.5, 0.6) is 0 Å². The van der Waals surface area contributed by atoms with Crippen molar-refractivity contribution in [3.05, 3.63) is 0 Å². The zero-order valence-corrected chi connectivity index (χ0v) is 4.94. The average molecular weight is 139 g/mol. The lowest BCUT2D eigenvalue weighted by Gasteiger charge is -2.04. The molecule has 0 saturated heterocycles. The summed E-state index contributed by atoms with van der Waals surface area (Å²) in [5, 5.41) is 0. The molecule has 5 nitrogen and oxygen atoms in total. The molecule has 0 aromatic rings. The fourth-order valence-electron chi connectivity index (χ4n) is 0.184. The predicted octanol–water partition coefficient (Wildman–Crippen LogP) is -1.74. The van der Waals surface area contributed by atoms with Crippen LogP contribution in [0.4, 0.5) is 0 Å². The Kier molecular flexibility index (Phi) is 5.13. The Morgan fingerprint density at radius 2 is 2.50 bits per heavy atom. The molecule has 0 aliphatic carbocycles. The van der Waals surface area contributed by atoms with Gasteiger partial charge in [0, 0.05) is 17.8 Å². The summed E-state index contributed by atoms with van der Waals surface area (Å²) in [5.74, 6) is 4.57. The highest BCUT2D eigenvalue weighted by molar-refractivity contribution is 7.77. The summed E-state index contributed by atoms with van der Waals surface area (Å²) in [6.07, 6.45) is 0. The van der Waals surface area contributed by atoms with Crippen molar-refractivity contribution in [2.45, 2.75) is 0 Å². The minimum absolute atomic E-state index is 0.188. The highest BCUT2D eigenvalue weighted by atomic mass is 32.2. The van der Waals surface area contributed by atoms with Gasteiger partial charge in [-0.25, -0.2) is 10.6 Å². The van der Waals surface area contributed by atoms with E-state index in [1.54, 1.807) is 0 Å². The Morgan fingerprint density at radius 1 is 1.88 bits per heavy atom. The first-order chi connectivity index (χ1) is 3.77. The minimum Gasteiger partial charge on any atom is -0.760 e. The van der Waals surface area contributed by atoms with Gasteiger partial charge in [0.15, 0.2) is 0 Å².